The summed E-state index contributed by atoms with van der Waals surface area (Å²) in [4.78, 5) is 18.9. The lowest BCUT2D eigenvalue weighted by atomic mass is 9.99. The molecule has 1 aromatic carbocycles. The van der Waals surface area contributed by atoms with Crippen molar-refractivity contribution in [3.05, 3.63) is 60.5 Å². The van der Waals surface area contributed by atoms with Crippen LogP contribution in [0.25, 0.3) is 11.0 Å². The fourth-order valence-electron chi connectivity index (χ4n) is 3.18. The molecule has 1 amide bonds. The van der Waals surface area contributed by atoms with E-state index in [0.29, 0.717) is 11.7 Å². The van der Waals surface area contributed by atoms with Gasteiger partial charge in [-0.05, 0) is 43.0 Å². The highest BCUT2D eigenvalue weighted by atomic mass is 32.2. The van der Waals surface area contributed by atoms with Gasteiger partial charge in [0.15, 0.2) is 5.76 Å². The van der Waals surface area contributed by atoms with Crippen molar-refractivity contribution in [3.63, 3.8) is 0 Å². The van der Waals surface area contributed by atoms with Crippen LogP contribution >= 0.6 is 11.8 Å². The number of para-hydroxylation sites is 1. The van der Waals surface area contributed by atoms with Gasteiger partial charge in [0.1, 0.15) is 5.58 Å². The van der Waals surface area contributed by atoms with Crippen LogP contribution < -0.4 is 0 Å². The highest BCUT2D eigenvalue weighted by Crippen LogP contribution is 2.27. The van der Waals surface area contributed by atoms with Crippen LogP contribution in [-0.2, 0) is 0 Å². The number of hydrogen-bond donors (Lipinski definition) is 0. The Morgan fingerprint density at radius 1 is 1.16 bits per heavy atom. The molecule has 3 aromatic rings. The molecular formula is C20H20N2O2S. The Balaban J connectivity index is 1.32. The van der Waals surface area contributed by atoms with Gasteiger partial charge in [-0.2, -0.15) is 0 Å². The lowest BCUT2D eigenvalue weighted by molar-refractivity contribution is 0.0669. The highest BCUT2D eigenvalue weighted by molar-refractivity contribution is 7.99. The minimum Gasteiger partial charge on any atom is -0.451 e. The first-order valence-electron chi connectivity index (χ1n) is 8.61. The summed E-state index contributed by atoms with van der Waals surface area (Å²) in [6.45, 7) is 1.59. The van der Waals surface area contributed by atoms with E-state index in [4.69, 9.17) is 4.42 Å². The zero-order valence-corrected chi connectivity index (χ0v) is 14.7. The molecule has 5 heteroatoms. The van der Waals surface area contributed by atoms with E-state index >= 15 is 0 Å². The number of pyridine rings is 1. The van der Waals surface area contributed by atoms with Crippen LogP contribution in [0.4, 0.5) is 0 Å². The number of amides is 1. The van der Waals surface area contributed by atoms with E-state index in [2.05, 4.69) is 4.98 Å². The van der Waals surface area contributed by atoms with Crippen LogP contribution in [0.15, 0.2) is 64.2 Å². The molecule has 1 saturated heterocycles. The van der Waals surface area contributed by atoms with Crippen LogP contribution in [0.5, 0.6) is 0 Å². The smallest absolute Gasteiger partial charge is 0.289 e. The normalized spacial score (nSPS) is 15.6. The van der Waals surface area contributed by atoms with Crippen molar-refractivity contribution < 1.29 is 9.21 Å². The number of hydrogen-bond acceptors (Lipinski definition) is 4. The summed E-state index contributed by atoms with van der Waals surface area (Å²) in [6.07, 6.45) is 3.90. The Kier molecular flexibility index (Phi) is 4.74. The van der Waals surface area contributed by atoms with Crippen LogP contribution in [-0.4, -0.2) is 34.6 Å². The summed E-state index contributed by atoms with van der Waals surface area (Å²) in [6, 6.07) is 15.6. The number of aromatic nitrogens is 1. The van der Waals surface area contributed by atoms with E-state index in [1.54, 1.807) is 11.8 Å². The first kappa shape index (κ1) is 16.2. The average molecular weight is 352 g/mol. The standard InChI is InChI=1S/C20H20N2O2S/c23-20(18-13-16-5-1-2-6-17(16)24-18)22-11-8-15(9-12-22)14-25-19-7-3-4-10-21-19/h1-7,10,13,15H,8-9,11-12,14H2. The number of carbonyl (C=O) groups excluding carboxylic acids is 1. The molecular weight excluding hydrogens is 332 g/mol. The van der Waals surface area contributed by atoms with E-state index in [-0.39, 0.29) is 5.91 Å². The molecule has 0 atom stereocenters. The molecule has 0 radical (unpaired) electrons. The number of thioether (sulfide) groups is 1. The molecule has 1 aliphatic rings. The minimum atomic E-state index is 0.00651. The summed E-state index contributed by atoms with van der Waals surface area (Å²) in [5.74, 6) is 2.14. The fourth-order valence-corrected chi connectivity index (χ4v) is 4.23. The number of furan rings is 1. The molecule has 0 saturated carbocycles. The van der Waals surface area contributed by atoms with Crippen molar-refractivity contribution in [2.24, 2.45) is 5.92 Å². The first-order chi connectivity index (χ1) is 12.3. The molecule has 3 heterocycles. The predicted octanol–water partition coefficient (Wildman–Crippen LogP) is 4.47. The summed E-state index contributed by atoms with van der Waals surface area (Å²) in [7, 11) is 0. The Labute approximate surface area is 151 Å². The molecule has 25 heavy (non-hydrogen) atoms. The number of fused-ring (bicyclic) bond motifs is 1. The van der Waals surface area contributed by atoms with E-state index in [1.807, 2.05) is 59.6 Å². The van der Waals surface area contributed by atoms with Gasteiger partial charge < -0.3 is 9.32 Å². The van der Waals surface area contributed by atoms with Gasteiger partial charge in [-0.1, -0.05) is 24.3 Å². The number of likely N-dealkylation sites (tertiary alicyclic amines) is 1. The third-order valence-corrected chi connectivity index (χ3v) is 5.82. The SMILES string of the molecule is O=C(c1cc2ccccc2o1)N1CCC(CSc2ccccn2)CC1. The topological polar surface area (TPSA) is 46.3 Å². The molecule has 4 nitrogen and oxygen atoms in total. The van der Waals surface area contributed by atoms with Gasteiger partial charge in [-0.15, -0.1) is 11.8 Å². The second-order valence-corrected chi connectivity index (χ2v) is 7.40. The Morgan fingerprint density at radius 2 is 1.96 bits per heavy atom. The number of benzene rings is 1. The van der Waals surface area contributed by atoms with Crippen molar-refractivity contribution in [1.82, 2.24) is 9.88 Å². The molecule has 0 N–H and O–H groups in total. The molecule has 0 spiro atoms. The van der Waals surface area contributed by atoms with Gasteiger partial charge in [0, 0.05) is 30.4 Å². The Morgan fingerprint density at radius 3 is 2.72 bits per heavy atom. The van der Waals surface area contributed by atoms with Crippen molar-refractivity contribution in [3.8, 4) is 0 Å². The second kappa shape index (κ2) is 7.31. The summed E-state index contributed by atoms with van der Waals surface area (Å²) >= 11 is 1.80. The second-order valence-electron chi connectivity index (χ2n) is 6.36. The third-order valence-electron chi connectivity index (χ3n) is 4.64. The van der Waals surface area contributed by atoms with Crippen molar-refractivity contribution in [2.45, 2.75) is 17.9 Å². The number of nitrogens with zero attached hydrogens (tertiary/aromatic N) is 2. The van der Waals surface area contributed by atoms with Gasteiger partial charge in [0.25, 0.3) is 5.91 Å². The quantitative estimate of drug-likeness (QED) is 0.650. The molecule has 128 valence electrons. The highest BCUT2D eigenvalue weighted by Gasteiger charge is 2.25. The summed E-state index contributed by atoms with van der Waals surface area (Å²) < 4.78 is 5.71. The maximum Gasteiger partial charge on any atom is 0.289 e. The number of rotatable bonds is 4. The molecule has 1 aliphatic heterocycles. The number of carbonyl (C=O) groups is 1. The van der Waals surface area contributed by atoms with E-state index in [0.717, 1.165) is 47.7 Å². The van der Waals surface area contributed by atoms with Crippen LogP contribution in [0.3, 0.4) is 0 Å². The van der Waals surface area contributed by atoms with Crippen LogP contribution in [0.1, 0.15) is 23.4 Å². The van der Waals surface area contributed by atoms with Gasteiger partial charge in [-0.3, -0.25) is 4.79 Å². The molecule has 0 bridgehead atoms. The molecule has 0 aliphatic carbocycles. The maximum atomic E-state index is 12.7. The van der Waals surface area contributed by atoms with Gasteiger partial charge >= 0.3 is 0 Å². The van der Waals surface area contributed by atoms with E-state index in [1.165, 1.54) is 0 Å². The maximum absolute atomic E-state index is 12.7. The van der Waals surface area contributed by atoms with E-state index < -0.39 is 0 Å². The lowest BCUT2D eigenvalue weighted by Crippen LogP contribution is -2.38. The predicted molar refractivity (Wildman–Crippen MR) is 99.8 cm³/mol. The van der Waals surface area contributed by atoms with Crippen molar-refractivity contribution in [2.75, 3.05) is 18.8 Å². The molecule has 2 aromatic heterocycles. The largest absolute Gasteiger partial charge is 0.451 e. The van der Waals surface area contributed by atoms with Crippen molar-refractivity contribution >= 4 is 28.6 Å². The monoisotopic (exact) mass is 352 g/mol. The first-order valence-corrected chi connectivity index (χ1v) is 9.60. The lowest BCUT2D eigenvalue weighted by Gasteiger charge is -2.31. The zero-order valence-electron chi connectivity index (χ0n) is 13.9. The fraction of sp³-hybridized carbons (Fsp3) is 0.300. The van der Waals surface area contributed by atoms with Gasteiger partial charge in [0.05, 0.1) is 5.03 Å². The summed E-state index contributed by atoms with van der Waals surface area (Å²) in [5, 5.41) is 2.05. The Hall–Kier alpha value is -2.27. The van der Waals surface area contributed by atoms with Crippen LogP contribution in [0, 0.1) is 5.92 Å². The van der Waals surface area contributed by atoms with E-state index in [9.17, 15) is 4.79 Å². The van der Waals surface area contributed by atoms with Gasteiger partial charge in [-0.25, -0.2) is 4.98 Å². The van der Waals surface area contributed by atoms with Gasteiger partial charge in [0.2, 0.25) is 0 Å². The molecule has 4 rings (SSSR count). The van der Waals surface area contributed by atoms with Crippen LogP contribution in [0.2, 0.25) is 0 Å². The third kappa shape index (κ3) is 3.71. The minimum absolute atomic E-state index is 0.00651. The average Bonchev–Trinajstić information content (AvgIpc) is 3.11. The molecule has 0 unspecified atom stereocenters. The molecule has 1 fully saturated rings. The Bertz CT molecular complexity index is 821. The summed E-state index contributed by atoms with van der Waals surface area (Å²) in [5.41, 5.74) is 0.771. The number of piperidine rings is 1. The zero-order chi connectivity index (χ0) is 17.1. The van der Waals surface area contributed by atoms with Crippen molar-refractivity contribution in [1.29, 1.82) is 0 Å².